The topological polar surface area (TPSA) is 47.3 Å². The van der Waals surface area contributed by atoms with Gasteiger partial charge in [-0.2, -0.15) is 5.10 Å². The Morgan fingerprint density at radius 2 is 2.21 bits per heavy atom. The van der Waals surface area contributed by atoms with E-state index >= 15 is 0 Å². The Labute approximate surface area is 111 Å². The van der Waals surface area contributed by atoms with Crippen molar-refractivity contribution in [3.8, 4) is 5.75 Å². The summed E-state index contributed by atoms with van der Waals surface area (Å²) in [5.74, 6) is 0.0210. The zero-order valence-electron chi connectivity index (χ0n) is 11.2. The molecule has 0 radical (unpaired) electrons. The number of ether oxygens (including phenoxy) is 1. The van der Waals surface area contributed by atoms with E-state index in [1.165, 1.54) is 19.4 Å². The van der Waals surface area contributed by atoms with Gasteiger partial charge < -0.3 is 9.84 Å². The molecule has 0 bridgehead atoms. The van der Waals surface area contributed by atoms with Crippen molar-refractivity contribution >= 4 is 0 Å². The number of aliphatic hydroxyl groups is 1. The quantitative estimate of drug-likeness (QED) is 0.922. The summed E-state index contributed by atoms with van der Waals surface area (Å²) in [6.07, 6.45) is 0.423. The molecule has 0 aliphatic carbocycles. The lowest BCUT2D eigenvalue weighted by Gasteiger charge is -2.15. The van der Waals surface area contributed by atoms with Crippen LogP contribution in [0.1, 0.15) is 29.8 Å². The van der Waals surface area contributed by atoms with Crippen LogP contribution in [-0.2, 0) is 6.54 Å². The molecule has 1 heterocycles. The van der Waals surface area contributed by atoms with Crippen molar-refractivity contribution in [3.05, 3.63) is 47.0 Å². The van der Waals surface area contributed by atoms with Crippen LogP contribution < -0.4 is 4.74 Å². The molecule has 0 spiro atoms. The highest BCUT2D eigenvalue weighted by Gasteiger charge is 2.23. The Bertz CT molecular complexity index is 559. The number of aromatic nitrogens is 2. The third-order valence-corrected chi connectivity index (χ3v) is 3.07. The summed E-state index contributed by atoms with van der Waals surface area (Å²) in [6.45, 7) is 4.27. The van der Waals surface area contributed by atoms with Gasteiger partial charge in [0.2, 0.25) is 0 Å². The maximum atomic E-state index is 13.9. The second-order valence-corrected chi connectivity index (χ2v) is 4.34. The zero-order chi connectivity index (χ0) is 14.0. The largest absolute Gasteiger partial charge is 0.493 e. The first-order chi connectivity index (χ1) is 9.08. The molecular formula is C14H17FN2O2. The molecule has 0 fully saturated rings. The number of benzene rings is 1. The number of rotatable bonds is 4. The van der Waals surface area contributed by atoms with Crippen molar-refractivity contribution in [2.45, 2.75) is 26.5 Å². The monoisotopic (exact) mass is 264 g/mol. The minimum atomic E-state index is -1.10. The Morgan fingerprint density at radius 3 is 2.79 bits per heavy atom. The zero-order valence-corrected chi connectivity index (χ0v) is 11.2. The van der Waals surface area contributed by atoms with Gasteiger partial charge in [-0.1, -0.05) is 12.1 Å². The summed E-state index contributed by atoms with van der Waals surface area (Å²) in [4.78, 5) is 0. The maximum absolute atomic E-state index is 13.9. The SMILES string of the molecule is CCn1ncc(OC)c1C(O)c1ccc(C)cc1F. The van der Waals surface area contributed by atoms with Crippen LogP contribution in [0, 0.1) is 12.7 Å². The fourth-order valence-corrected chi connectivity index (χ4v) is 2.06. The van der Waals surface area contributed by atoms with Crippen LogP contribution in [0.15, 0.2) is 24.4 Å². The number of hydrogen-bond acceptors (Lipinski definition) is 3. The Kier molecular flexibility index (Phi) is 3.85. The van der Waals surface area contributed by atoms with E-state index in [1.807, 2.05) is 6.92 Å². The smallest absolute Gasteiger partial charge is 0.163 e. The van der Waals surface area contributed by atoms with E-state index in [2.05, 4.69) is 5.10 Å². The molecule has 102 valence electrons. The minimum absolute atomic E-state index is 0.221. The van der Waals surface area contributed by atoms with Gasteiger partial charge in [0.15, 0.2) is 5.75 Å². The van der Waals surface area contributed by atoms with E-state index in [-0.39, 0.29) is 5.56 Å². The molecule has 1 aromatic carbocycles. The second-order valence-electron chi connectivity index (χ2n) is 4.34. The minimum Gasteiger partial charge on any atom is -0.493 e. The third-order valence-electron chi connectivity index (χ3n) is 3.07. The first kappa shape index (κ1) is 13.5. The Balaban J connectivity index is 2.48. The average Bonchev–Trinajstić information content (AvgIpc) is 2.80. The van der Waals surface area contributed by atoms with Crippen molar-refractivity contribution in [1.29, 1.82) is 0 Å². The molecule has 0 saturated carbocycles. The molecule has 19 heavy (non-hydrogen) atoms. The molecule has 4 nitrogen and oxygen atoms in total. The van der Waals surface area contributed by atoms with E-state index in [9.17, 15) is 9.50 Å². The highest BCUT2D eigenvalue weighted by molar-refractivity contribution is 5.36. The van der Waals surface area contributed by atoms with E-state index in [4.69, 9.17) is 4.74 Å². The van der Waals surface area contributed by atoms with Gasteiger partial charge in [0.1, 0.15) is 17.6 Å². The lowest BCUT2D eigenvalue weighted by molar-refractivity contribution is 0.197. The summed E-state index contributed by atoms with van der Waals surface area (Å²) < 4.78 is 20.7. The fraction of sp³-hybridized carbons (Fsp3) is 0.357. The first-order valence-corrected chi connectivity index (χ1v) is 6.12. The van der Waals surface area contributed by atoms with Crippen LogP contribution in [0.5, 0.6) is 5.75 Å². The molecule has 0 amide bonds. The summed E-state index contributed by atoms with van der Waals surface area (Å²) in [5.41, 5.74) is 1.50. The van der Waals surface area contributed by atoms with Gasteiger partial charge in [-0.05, 0) is 25.5 Å². The molecule has 1 atom stereocenters. The Morgan fingerprint density at radius 1 is 1.47 bits per heavy atom. The van der Waals surface area contributed by atoms with Crippen LogP contribution in [0.3, 0.4) is 0 Å². The fourth-order valence-electron chi connectivity index (χ4n) is 2.06. The van der Waals surface area contributed by atoms with Crippen LogP contribution >= 0.6 is 0 Å². The van der Waals surface area contributed by atoms with Crippen molar-refractivity contribution < 1.29 is 14.2 Å². The predicted octanol–water partition coefficient (Wildman–Crippen LogP) is 2.44. The van der Waals surface area contributed by atoms with Crippen molar-refractivity contribution in [3.63, 3.8) is 0 Å². The molecule has 0 aliphatic rings. The van der Waals surface area contributed by atoms with Gasteiger partial charge in [0, 0.05) is 12.1 Å². The van der Waals surface area contributed by atoms with E-state index < -0.39 is 11.9 Å². The molecular weight excluding hydrogens is 247 g/mol. The summed E-state index contributed by atoms with van der Waals surface area (Å²) in [6, 6.07) is 4.75. The lowest BCUT2D eigenvalue weighted by atomic mass is 10.0. The number of halogens is 1. The molecule has 5 heteroatoms. The number of aryl methyl sites for hydroxylation is 2. The highest BCUT2D eigenvalue weighted by atomic mass is 19.1. The summed E-state index contributed by atoms with van der Waals surface area (Å²) in [7, 11) is 1.50. The van der Waals surface area contributed by atoms with Crippen molar-refractivity contribution in [2.75, 3.05) is 7.11 Å². The van der Waals surface area contributed by atoms with Crippen LogP contribution in [-0.4, -0.2) is 22.0 Å². The average molecular weight is 264 g/mol. The first-order valence-electron chi connectivity index (χ1n) is 6.12. The van der Waals surface area contributed by atoms with Crippen molar-refractivity contribution in [2.24, 2.45) is 0 Å². The summed E-state index contributed by atoms with van der Waals surface area (Å²) >= 11 is 0. The van der Waals surface area contributed by atoms with Gasteiger partial charge in [-0.3, -0.25) is 4.68 Å². The van der Waals surface area contributed by atoms with Gasteiger partial charge in [0.05, 0.1) is 13.3 Å². The molecule has 2 rings (SSSR count). The van der Waals surface area contributed by atoms with Gasteiger partial charge in [-0.15, -0.1) is 0 Å². The molecule has 0 aliphatic heterocycles. The van der Waals surface area contributed by atoms with Crippen LogP contribution in [0.2, 0.25) is 0 Å². The molecule has 1 unspecified atom stereocenters. The molecule has 1 aromatic heterocycles. The third kappa shape index (κ3) is 2.46. The van der Waals surface area contributed by atoms with Gasteiger partial charge in [-0.25, -0.2) is 4.39 Å². The maximum Gasteiger partial charge on any atom is 0.163 e. The standard InChI is InChI=1S/C14H17FN2O2/c1-4-17-13(12(19-3)8-16-17)14(18)10-6-5-9(2)7-11(10)15/h5-8,14,18H,4H2,1-3H3. The van der Waals surface area contributed by atoms with Gasteiger partial charge >= 0.3 is 0 Å². The predicted molar refractivity (Wildman–Crippen MR) is 69.7 cm³/mol. The molecule has 0 saturated heterocycles. The van der Waals surface area contributed by atoms with Gasteiger partial charge in [0.25, 0.3) is 0 Å². The normalized spacial score (nSPS) is 12.5. The highest BCUT2D eigenvalue weighted by Crippen LogP contribution is 2.31. The number of aliphatic hydroxyl groups excluding tert-OH is 1. The summed E-state index contributed by atoms with van der Waals surface area (Å²) in [5, 5.41) is 14.5. The second kappa shape index (κ2) is 5.40. The van der Waals surface area contributed by atoms with E-state index in [0.29, 0.717) is 18.0 Å². The van der Waals surface area contributed by atoms with E-state index in [1.54, 1.807) is 23.7 Å². The number of hydrogen-bond donors (Lipinski definition) is 1. The van der Waals surface area contributed by atoms with E-state index in [0.717, 1.165) is 5.56 Å². The molecule has 2 aromatic rings. The lowest BCUT2D eigenvalue weighted by Crippen LogP contribution is -2.11. The van der Waals surface area contributed by atoms with Crippen LogP contribution in [0.4, 0.5) is 4.39 Å². The van der Waals surface area contributed by atoms with Crippen LogP contribution in [0.25, 0.3) is 0 Å². The number of methoxy groups -OCH3 is 1. The number of nitrogens with zero attached hydrogens (tertiary/aromatic N) is 2. The van der Waals surface area contributed by atoms with Crippen molar-refractivity contribution in [1.82, 2.24) is 9.78 Å². The Hall–Kier alpha value is -1.88. The molecule has 1 N–H and O–H groups in total.